The van der Waals surface area contributed by atoms with Gasteiger partial charge >= 0.3 is 6.18 Å². The highest BCUT2D eigenvalue weighted by molar-refractivity contribution is 14.1. The summed E-state index contributed by atoms with van der Waals surface area (Å²) in [5.41, 5.74) is 30.0. The number of alkyl halides is 3. The summed E-state index contributed by atoms with van der Waals surface area (Å²) in [5.74, 6) is 4.02. The van der Waals surface area contributed by atoms with E-state index in [0.717, 1.165) is 20.9 Å². The number of benzene rings is 5. The smallest absolute Gasteiger partial charge is 0.420 e. The van der Waals surface area contributed by atoms with Crippen molar-refractivity contribution >= 4 is 97.4 Å². The number of rotatable bonds is 10. The van der Waals surface area contributed by atoms with Crippen LogP contribution < -0.4 is 66.6 Å². The molecule has 0 aliphatic carbocycles. The molecule has 0 bridgehead atoms. The Labute approximate surface area is 399 Å². The van der Waals surface area contributed by atoms with Crippen LogP contribution in [0.15, 0.2) is 60.7 Å². The Balaban J connectivity index is 0.000000394. The number of hydrogen-bond acceptors (Lipinski definition) is 13. The lowest BCUT2D eigenvalue weighted by molar-refractivity contribution is -0.138. The number of anilines is 5. The van der Waals surface area contributed by atoms with Crippen molar-refractivity contribution in [2.24, 2.45) is 0 Å². The lowest BCUT2D eigenvalue weighted by atomic mass is 10.1. The third kappa shape index (κ3) is 17.3. The second-order valence-corrected chi connectivity index (χ2v) is 14.8. The molecule has 0 heterocycles. The average Bonchev–Trinajstić information content (AvgIpc) is 3.23. The van der Waals surface area contributed by atoms with E-state index in [1.54, 1.807) is 64.8 Å². The predicted molar refractivity (Wildman–Crippen MR) is 258 cm³/mol. The fourth-order valence-electron chi connectivity index (χ4n) is 4.71. The quantitative estimate of drug-likeness (QED) is 0.0653. The molecule has 0 amide bonds. The zero-order valence-corrected chi connectivity index (χ0v) is 41.0. The Morgan fingerprint density at radius 3 is 1.41 bits per heavy atom. The van der Waals surface area contributed by atoms with E-state index in [9.17, 15) is 13.2 Å². The average molecular weight is 1080 g/mol. The third-order valence-electron chi connectivity index (χ3n) is 7.87. The van der Waals surface area contributed by atoms with Crippen LogP contribution in [-0.2, 0) is 6.18 Å². The van der Waals surface area contributed by atoms with E-state index in [1.165, 1.54) is 26.4 Å². The Hall–Kier alpha value is -4.82. The predicted octanol–water partition coefficient (Wildman–Crippen LogP) is 11.7. The Bertz CT molecular complexity index is 2160. The molecular formula is C42H51Cl4F3IN5O8. The topological polar surface area (TPSA) is 204 Å². The zero-order valence-electron chi connectivity index (χ0n) is 35.9. The van der Waals surface area contributed by atoms with Crippen molar-refractivity contribution < 1.29 is 51.1 Å². The standard InChI is InChI=1S/2C9H12ClNO2.C8H9Cl2NO.C8H8F3NO.C8H10INO2/c1-3-13-8-5-9(12-2)7(11)4-6(8)10;1-3-13-9-5-8(12-2)6(10)4-7(9)11;1-4-6(11)3-5(9)8(12-2)7(4)10;1-13-7-3-2-5(12)4-6(7)8(9,10)11;1-11-7-4-8(12-2)6(10)3-5(7)9/h2*4-5H,3,11H2,1-2H3;3H,11H2,1-2H3;2-4H,12H2,1H3;3-4H,10H2,1-2H3. The number of nitrogens with two attached hydrogens (primary N) is 5. The van der Waals surface area contributed by atoms with Crippen LogP contribution in [0.3, 0.4) is 0 Å². The van der Waals surface area contributed by atoms with Gasteiger partial charge in [0.15, 0.2) is 5.75 Å². The molecule has 5 rings (SSSR count). The van der Waals surface area contributed by atoms with E-state index >= 15 is 0 Å². The van der Waals surface area contributed by atoms with Gasteiger partial charge in [0, 0.05) is 29.6 Å². The minimum atomic E-state index is -4.43. The first kappa shape index (κ1) is 56.2. The highest BCUT2D eigenvalue weighted by atomic mass is 127. The van der Waals surface area contributed by atoms with Gasteiger partial charge in [-0.15, -0.1) is 0 Å². The van der Waals surface area contributed by atoms with E-state index < -0.39 is 11.7 Å². The van der Waals surface area contributed by atoms with Gasteiger partial charge in [0.2, 0.25) is 0 Å². The van der Waals surface area contributed by atoms with Crippen molar-refractivity contribution in [2.45, 2.75) is 26.9 Å². The zero-order chi connectivity index (χ0) is 48.2. The highest BCUT2D eigenvalue weighted by Gasteiger charge is 2.34. The van der Waals surface area contributed by atoms with Crippen molar-refractivity contribution in [1.29, 1.82) is 0 Å². The summed E-state index contributed by atoms with van der Waals surface area (Å²) in [6.07, 6.45) is -4.43. The second-order valence-electron chi connectivity index (χ2n) is 12.0. The summed E-state index contributed by atoms with van der Waals surface area (Å²) in [7, 11) is 9.00. The maximum Gasteiger partial charge on any atom is 0.420 e. The lowest BCUT2D eigenvalue weighted by Crippen LogP contribution is -2.08. The molecular weight excluding hydrogens is 1030 g/mol. The van der Waals surface area contributed by atoms with Crippen LogP contribution in [0, 0.1) is 10.5 Å². The third-order valence-corrected chi connectivity index (χ3v) is 10.0. The molecule has 0 saturated heterocycles. The van der Waals surface area contributed by atoms with Gasteiger partial charge in [-0.2, -0.15) is 13.2 Å². The molecule has 0 aliphatic heterocycles. The Kier molecular flexibility index (Phi) is 24.4. The largest absolute Gasteiger partial charge is 0.496 e. The van der Waals surface area contributed by atoms with Crippen LogP contribution in [0.5, 0.6) is 46.0 Å². The van der Waals surface area contributed by atoms with Gasteiger partial charge < -0.3 is 66.6 Å². The van der Waals surface area contributed by atoms with E-state index in [-0.39, 0.29) is 11.4 Å². The second kappa shape index (κ2) is 27.4. The van der Waals surface area contributed by atoms with Crippen LogP contribution in [0.25, 0.3) is 0 Å². The number of halogens is 8. The van der Waals surface area contributed by atoms with Crippen molar-refractivity contribution in [3.63, 3.8) is 0 Å². The molecule has 10 N–H and O–H groups in total. The fourth-order valence-corrected chi connectivity index (χ4v) is 6.52. The van der Waals surface area contributed by atoms with E-state index in [2.05, 4.69) is 27.3 Å². The summed E-state index contributed by atoms with van der Waals surface area (Å²) in [4.78, 5) is 0. The van der Waals surface area contributed by atoms with Crippen LogP contribution in [-0.4, -0.2) is 55.9 Å². The fraction of sp³-hybridized carbons (Fsp3) is 0.286. The normalized spacial score (nSPS) is 10.1. The molecule has 0 atom stereocenters. The van der Waals surface area contributed by atoms with E-state index in [0.29, 0.717) is 90.6 Å². The minimum Gasteiger partial charge on any atom is -0.496 e. The van der Waals surface area contributed by atoms with Gasteiger partial charge in [0.1, 0.15) is 40.2 Å². The first-order chi connectivity index (χ1) is 29.6. The van der Waals surface area contributed by atoms with Crippen molar-refractivity contribution in [3.05, 3.63) is 95.5 Å². The van der Waals surface area contributed by atoms with E-state index in [4.69, 9.17) is 108 Å². The first-order valence-electron chi connectivity index (χ1n) is 18.1. The van der Waals surface area contributed by atoms with Crippen LogP contribution in [0.2, 0.25) is 20.1 Å². The van der Waals surface area contributed by atoms with Gasteiger partial charge in [-0.3, -0.25) is 0 Å². The summed E-state index contributed by atoms with van der Waals surface area (Å²) < 4.78 is 78.1. The summed E-state index contributed by atoms with van der Waals surface area (Å²) in [5, 5.41) is 1.90. The molecule has 0 fully saturated rings. The molecule has 0 radical (unpaired) electrons. The van der Waals surface area contributed by atoms with Crippen molar-refractivity contribution in [3.8, 4) is 46.0 Å². The molecule has 5 aromatic carbocycles. The maximum absolute atomic E-state index is 12.3. The molecule has 0 spiro atoms. The van der Waals surface area contributed by atoms with Crippen LogP contribution in [0.1, 0.15) is 25.0 Å². The molecule has 5 aromatic rings. The number of hydrogen-bond donors (Lipinski definition) is 5. The van der Waals surface area contributed by atoms with Crippen LogP contribution in [0.4, 0.5) is 41.6 Å². The molecule has 0 saturated carbocycles. The van der Waals surface area contributed by atoms with Crippen LogP contribution >= 0.6 is 69.0 Å². The van der Waals surface area contributed by atoms with Gasteiger partial charge in [-0.25, -0.2) is 0 Å². The summed E-state index contributed by atoms with van der Waals surface area (Å²) in [6, 6.07) is 15.2. The molecule has 348 valence electrons. The number of methoxy groups -OCH3 is 6. The minimum absolute atomic E-state index is 0.0631. The molecule has 0 unspecified atom stereocenters. The maximum atomic E-state index is 12.3. The monoisotopic (exact) mass is 1080 g/mol. The van der Waals surface area contributed by atoms with Gasteiger partial charge in [-0.05, 0) is 91.4 Å². The summed E-state index contributed by atoms with van der Waals surface area (Å²) in [6.45, 7) is 6.72. The summed E-state index contributed by atoms with van der Waals surface area (Å²) >= 11 is 25.6. The molecule has 0 aliphatic rings. The lowest BCUT2D eigenvalue weighted by Gasteiger charge is -2.11. The SMILES string of the molecule is CCOc1cc(OC)c(Cl)cc1N.CCOc1cc(OC)c(N)cc1Cl.COc1c(Cl)cc(N)c(C)c1Cl.COc1cc(OC)c(I)cc1N.COc1ccc(N)cc1C(F)(F)F. The van der Waals surface area contributed by atoms with Gasteiger partial charge in [0.05, 0.1) is 102 Å². The van der Waals surface area contributed by atoms with Crippen molar-refractivity contribution in [2.75, 3.05) is 84.5 Å². The Morgan fingerprint density at radius 1 is 0.508 bits per heavy atom. The van der Waals surface area contributed by atoms with Gasteiger partial charge in [-0.1, -0.05) is 46.4 Å². The molecule has 13 nitrogen and oxygen atoms in total. The highest BCUT2D eigenvalue weighted by Crippen LogP contribution is 2.39. The van der Waals surface area contributed by atoms with Gasteiger partial charge in [0.25, 0.3) is 0 Å². The first-order valence-corrected chi connectivity index (χ1v) is 20.6. The molecule has 63 heavy (non-hydrogen) atoms. The number of nitrogen functional groups attached to an aromatic ring is 5. The molecule has 0 aromatic heterocycles. The molecule has 21 heteroatoms. The Morgan fingerprint density at radius 2 is 0.937 bits per heavy atom. The number of ether oxygens (including phenoxy) is 8. The van der Waals surface area contributed by atoms with Crippen molar-refractivity contribution in [1.82, 2.24) is 0 Å². The van der Waals surface area contributed by atoms with E-state index in [1.807, 2.05) is 26.8 Å².